The maximum atomic E-state index is 12.9. The summed E-state index contributed by atoms with van der Waals surface area (Å²) in [5.74, 6) is -1.27. The third kappa shape index (κ3) is 5.34. The molecule has 0 aliphatic carbocycles. The second-order valence-electron chi connectivity index (χ2n) is 7.58. The van der Waals surface area contributed by atoms with Gasteiger partial charge in [-0.25, -0.2) is 0 Å². The van der Waals surface area contributed by atoms with Crippen LogP contribution in [0.4, 0.5) is 35.9 Å². The third-order valence-corrected chi connectivity index (χ3v) is 5.04. The fourth-order valence-corrected chi connectivity index (χ4v) is 3.53. The maximum absolute atomic E-state index is 12.9. The molecule has 1 heterocycles. The van der Waals surface area contributed by atoms with Gasteiger partial charge < -0.3 is 20.9 Å². The Morgan fingerprint density at radius 1 is 0.912 bits per heavy atom. The molecule has 174 valence electrons. The van der Waals surface area contributed by atoms with Crippen LogP contribution in [0.25, 0.3) is 0 Å². The van der Waals surface area contributed by atoms with Crippen molar-refractivity contribution in [2.24, 2.45) is 0 Å². The van der Waals surface area contributed by atoms with Crippen LogP contribution >= 0.6 is 0 Å². The molecular formula is C24H19F3N4O3. The first kappa shape index (κ1) is 22.8. The monoisotopic (exact) mass is 468 g/mol. The first-order valence-electron chi connectivity index (χ1n) is 10.2. The normalized spacial score (nSPS) is 13.0. The molecule has 0 saturated carbocycles. The topological polar surface area (TPSA) is 90.5 Å². The number of hydrogen-bond donors (Lipinski definition) is 3. The number of halogens is 3. The van der Waals surface area contributed by atoms with Crippen molar-refractivity contribution in [1.82, 2.24) is 0 Å². The number of rotatable bonds is 5. The van der Waals surface area contributed by atoms with Crippen molar-refractivity contribution in [2.75, 3.05) is 33.9 Å². The van der Waals surface area contributed by atoms with Crippen LogP contribution in [-0.4, -0.2) is 30.8 Å². The van der Waals surface area contributed by atoms with Crippen molar-refractivity contribution in [3.63, 3.8) is 0 Å². The van der Waals surface area contributed by atoms with Crippen LogP contribution in [0.2, 0.25) is 0 Å². The lowest BCUT2D eigenvalue weighted by molar-refractivity contribution is -0.137. The van der Waals surface area contributed by atoms with Crippen LogP contribution in [-0.2, 0) is 15.8 Å². The molecule has 0 bridgehead atoms. The SMILES string of the molecule is O=C(CN1CC(=O)Nc2ccccc21)Nc1cccc(C(=O)Nc2cccc(C(F)(F)F)c2)c1. The lowest BCUT2D eigenvalue weighted by Gasteiger charge is -2.30. The van der Waals surface area contributed by atoms with Gasteiger partial charge in [0.25, 0.3) is 5.91 Å². The second kappa shape index (κ2) is 9.26. The molecule has 34 heavy (non-hydrogen) atoms. The molecule has 3 aromatic rings. The first-order valence-corrected chi connectivity index (χ1v) is 10.2. The predicted molar refractivity (Wildman–Crippen MR) is 122 cm³/mol. The van der Waals surface area contributed by atoms with Crippen LogP contribution < -0.4 is 20.9 Å². The predicted octanol–water partition coefficient (Wildman–Crippen LogP) is 4.35. The second-order valence-corrected chi connectivity index (χ2v) is 7.58. The van der Waals surface area contributed by atoms with Gasteiger partial charge in [0.15, 0.2) is 0 Å². The average molecular weight is 468 g/mol. The molecule has 0 spiro atoms. The van der Waals surface area contributed by atoms with Crippen LogP contribution in [0.15, 0.2) is 72.8 Å². The van der Waals surface area contributed by atoms with Crippen molar-refractivity contribution in [1.29, 1.82) is 0 Å². The van der Waals surface area contributed by atoms with Gasteiger partial charge in [-0.2, -0.15) is 13.2 Å². The van der Waals surface area contributed by atoms with Crippen molar-refractivity contribution in [3.8, 4) is 0 Å². The van der Waals surface area contributed by atoms with Gasteiger partial charge in [-0.1, -0.05) is 24.3 Å². The highest BCUT2D eigenvalue weighted by atomic mass is 19.4. The lowest BCUT2D eigenvalue weighted by atomic mass is 10.1. The molecule has 0 aromatic heterocycles. The molecule has 0 atom stereocenters. The van der Waals surface area contributed by atoms with E-state index in [0.29, 0.717) is 17.1 Å². The number of nitrogens with zero attached hydrogens (tertiary/aromatic N) is 1. The van der Waals surface area contributed by atoms with Crippen molar-refractivity contribution in [3.05, 3.63) is 83.9 Å². The summed E-state index contributed by atoms with van der Waals surface area (Å²) < 4.78 is 38.7. The summed E-state index contributed by atoms with van der Waals surface area (Å²) in [5.41, 5.74) is 0.927. The number of amides is 3. The number of carbonyl (C=O) groups is 3. The Kier molecular flexibility index (Phi) is 6.22. The van der Waals surface area contributed by atoms with Crippen LogP contribution in [0.5, 0.6) is 0 Å². The fraction of sp³-hybridized carbons (Fsp3) is 0.125. The molecule has 1 aliphatic rings. The van der Waals surface area contributed by atoms with Gasteiger partial charge in [-0.3, -0.25) is 14.4 Å². The van der Waals surface area contributed by atoms with E-state index in [-0.39, 0.29) is 30.2 Å². The quantitative estimate of drug-likeness (QED) is 0.519. The molecule has 10 heteroatoms. The Balaban J connectivity index is 1.42. The Morgan fingerprint density at radius 2 is 1.62 bits per heavy atom. The number of nitrogens with one attached hydrogen (secondary N) is 3. The number of para-hydroxylation sites is 2. The lowest BCUT2D eigenvalue weighted by Crippen LogP contribution is -2.42. The minimum atomic E-state index is -4.53. The minimum Gasteiger partial charge on any atom is -0.351 e. The molecule has 4 rings (SSSR count). The van der Waals surface area contributed by atoms with E-state index >= 15 is 0 Å². The van der Waals surface area contributed by atoms with Crippen molar-refractivity contribution < 1.29 is 27.6 Å². The molecule has 0 unspecified atom stereocenters. The van der Waals surface area contributed by atoms with Gasteiger partial charge in [0.1, 0.15) is 0 Å². The number of hydrogen-bond acceptors (Lipinski definition) is 4. The maximum Gasteiger partial charge on any atom is 0.416 e. The summed E-state index contributed by atoms with van der Waals surface area (Å²) in [7, 11) is 0. The Labute approximate surface area is 192 Å². The molecule has 0 fully saturated rings. The van der Waals surface area contributed by atoms with Gasteiger partial charge >= 0.3 is 6.18 Å². The average Bonchev–Trinajstić information content (AvgIpc) is 2.78. The molecule has 3 N–H and O–H groups in total. The van der Waals surface area contributed by atoms with E-state index in [1.165, 1.54) is 24.3 Å². The number of alkyl halides is 3. The highest BCUT2D eigenvalue weighted by Gasteiger charge is 2.30. The molecule has 0 radical (unpaired) electrons. The Hall–Kier alpha value is -4.34. The highest BCUT2D eigenvalue weighted by molar-refractivity contribution is 6.06. The van der Waals surface area contributed by atoms with Gasteiger partial charge in [-0.05, 0) is 48.5 Å². The summed E-state index contributed by atoms with van der Waals surface area (Å²) in [6, 6.07) is 17.4. The summed E-state index contributed by atoms with van der Waals surface area (Å²) in [6.07, 6.45) is -4.53. The molecule has 1 aliphatic heterocycles. The van der Waals surface area contributed by atoms with Crippen molar-refractivity contribution in [2.45, 2.75) is 6.18 Å². The van der Waals surface area contributed by atoms with E-state index in [0.717, 1.165) is 12.1 Å². The standard InChI is InChI=1S/C24H19F3N4O3/c25-24(26,27)16-6-4-8-18(12-16)29-23(34)15-5-3-7-17(11-15)28-21(32)13-31-14-22(33)30-19-9-1-2-10-20(19)31/h1-12H,13-14H2,(H,28,32)(H,29,34)(H,30,33). The zero-order valence-electron chi connectivity index (χ0n) is 17.6. The molecular weight excluding hydrogens is 449 g/mol. The summed E-state index contributed by atoms with van der Waals surface area (Å²) >= 11 is 0. The van der Waals surface area contributed by atoms with Crippen LogP contribution in [0, 0.1) is 0 Å². The van der Waals surface area contributed by atoms with Gasteiger partial charge in [0, 0.05) is 16.9 Å². The van der Waals surface area contributed by atoms with Gasteiger partial charge in [0.2, 0.25) is 11.8 Å². The van der Waals surface area contributed by atoms with E-state index in [1.807, 2.05) is 0 Å². The summed E-state index contributed by atoms with van der Waals surface area (Å²) in [5, 5.41) is 7.86. The fourth-order valence-electron chi connectivity index (χ4n) is 3.53. The minimum absolute atomic E-state index is 0.00342. The van der Waals surface area contributed by atoms with Gasteiger partial charge in [-0.15, -0.1) is 0 Å². The number of anilines is 4. The molecule has 0 saturated heterocycles. The zero-order valence-corrected chi connectivity index (χ0v) is 17.6. The Morgan fingerprint density at radius 3 is 2.38 bits per heavy atom. The van der Waals surface area contributed by atoms with E-state index in [4.69, 9.17) is 0 Å². The number of carbonyl (C=O) groups excluding carboxylic acids is 3. The third-order valence-electron chi connectivity index (χ3n) is 5.04. The van der Waals surface area contributed by atoms with E-state index < -0.39 is 23.6 Å². The smallest absolute Gasteiger partial charge is 0.351 e. The zero-order chi connectivity index (χ0) is 24.3. The summed E-state index contributed by atoms with van der Waals surface area (Å²) in [6.45, 7) is -0.0744. The molecule has 3 amide bonds. The van der Waals surface area contributed by atoms with E-state index in [2.05, 4.69) is 16.0 Å². The van der Waals surface area contributed by atoms with Crippen LogP contribution in [0.1, 0.15) is 15.9 Å². The first-order chi connectivity index (χ1) is 16.2. The van der Waals surface area contributed by atoms with E-state index in [1.54, 1.807) is 41.3 Å². The molecule has 3 aromatic carbocycles. The summed E-state index contributed by atoms with van der Waals surface area (Å²) in [4.78, 5) is 38.7. The van der Waals surface area contributed by atoms with Crippen molar-refractivity contribution >= 4 is 40.5 Å². The van der Waals surface area contributed by atoms with Crippen LogP contribution in [0.3, 0.4) is 0 Å². The Bertz CT molecular complexity index is 1260. The largest absolute Gasteiger partial charge is 0.416 e. The van der Waals surface area contributed by atoms with Gasteiger partial charge in [0.05, 0.1) is 30.0 Å². The number of fused-ring (bicyclic) bond motifs is 1. The number of benzene rings is 3. The molecule has 7 nitrogen and oxygen atoms in total. The highest BCUT2D eigenvalue weighted by Crippen LogP contribution is 2.31. The van der Waals surface area contributed by atoms with E-state index in [9.17, 15) is 27.6 Å².